The summed E-state index contributed by atoms with van der Waals surface area (Å²) in [5.41, 5.74) is 12.4. The van der Waals surface area contributed by atoms with Gasteiger partial charge < -0.3 is 11.5 Å². The number of carbonyl (C=O) groups excluding carboxylic acids is 1. The van der Waals surface area contributed by atoms with Crippen molar-refractivity contribution in [2.24, 2.45) is 5.73 Å². The highest BCUT2D eigenvalue weighted by Gasteiger charge is 2.19. The van der Waals surface area contributed by atoms with E-state index in [1.54, 1.807) is 25.1 Å². The zero-order valence-electron chi connectivity index (χ0n) is 11.1. The van der Waals surface area contributed by atoms with Gasteiger partial charge in [0.15, 0.2) is 5.82 Å². The lowest BCUT2D eigenvalue weighted by atomic mass is 10.2. The summed E-state index contributed by atoms with van der Waals surface area (Å²) in [5.74, 6) is -0.756. The third kappa shape index (κ3) is 2.11. The standard InChI is InChI=1S/C14H11FN4OS/c1-6-9-10(16)11(12(17)20)21-14(9)19-13(18-6)7-4-2-3-5-8(7)15/h2-5H,16H2,1H3,(H2,17,20). The van der Waals surface area contributed by atoms with Crippen LogP contribution < -0.4 is 11.5 Å². The largest absolute Gasteiger partial charge is 0.397 e. The molecule has 4 N–H and O–H groups in total. The van der Waals surface area contributed by atoms with Crippen LogP contribution in [0.3, 0.4) is 0 Å². The Kier molecular flexibility index (Phi) is 3.06. The second-order valence-corrected chi connectivity index (χ2v) is 5.50. The number of fused-ring (bicyclic) bond motifs is 1. The van der Waals surface area contributed by atoms with Crippen LogP contribution in [0.1, 0.15) is 15.4 Å². The van der Waals surface area contributed by atoms with Crippen molar-refractivity contribution in [1.82, 2.24) is 9.97 Å². The number of primary amides is 1. The molecule has 7 heteroatoms. The Morgan fingerprint density at radius 3 is 2.67 bits per heavy atom. The molecule has 1 aromatic carbocycles. The highest BCUT2D eigenvalue weighted by molar-refractivity contribution is 7.21. The molecule has 0 atom stereocenters. The third-order valence-corrected chi connectivity index (χ3v) is 4.22. The van der Waals surface area contributed by atoms with Gasteiger partial charge in [-0.15, -0.1) is 11.3 Å². The van der Waals surface area contributed by atoms with Gasteiger partial charge in [0, 0.05) is 0 Å². The fourth-order valence-electron chi connectivity index (χ4n) is 2.14. The van der Waals surface area contributed by atoms with Gasteiger partial charge in [0.05, 0.1) is 22.3 Å². The van der Waals surface area contributed by atoms with Crippen molar-refractivity contribution in [3.05, 3.63) is 40.7 Å². The van der Waals surface area contributed by atoms with Crippen molar-refractivity contribution in [3.63, 3.8) is 0 Å². The molecule has 0 aliphatic carbocycles. The number of nitrogens with zero attached hydrogens (tertiary/aromatic N) is 2. The van der Waals surface area contributed by atoms with Gasteiger partial charge in [-0.3, -0.25) is 4.79 Å². The molecular weight excluding hydrogens is 291 g/mol. The number of nitrogens with two attached hydrogens (primary N) is 2. The topological polar surface area (TPSA) is 94.9 Å². The first kappa shape index (κ1) is 13.4. The molecule has 3 aromatic rings. The lowest BCUT2D eigenvalue weighted by Gasteiger charge is -2.04. The molecule has 2 aromatic heterocycles. The first-order valence-electron chi connectivity index (χ1n) is 6.10. The molecule has 0 unspecified atom stereocenters. The normalized spacial score (nSPS) is 11.0. The zero-order valence-corrected chi connectivity index (χ0v) is 11.9. The summed E-state index contributed by atoms with van der Waals surface area (Å²) in [6.07, 6.45) is 0. The molecule has 0 aliphatic rings. The lowest BCUT2D eigenvalue weighted by molar-refractivity contribution is 0.100. The Bertz CT molecular complexity index is 875. The predicted octanol–water partition coefficient (Wildman–Crippen LogP) is 2.49. The monoisotopic (exact) mass is 302 g/mol. The average molecular weight is 302 g/mol. The first-order valence-corrected chi connectivity index (χ1v) is 6.92. The molecule has 2 heterocycles. The van der Waals surface area contributed by atoms with Crippen LogP contribution in [-0.4, -0.2) is 15.9 Å². The van der Waals surface area contributed by atoms with Crippen molar-refractivity contribution in [3.8, 4) is 11.4 Å². The predicted molar refractivity (Wildman–Crippen MR) is 80.5 cm³/mol. The van der Waals surface area contributed by atoms with Crippen molar-refractivity contribution in [2.45, 2.75) is 6.92 Å². The summed E-state index contributed by atoms with van der Waals surface area (Å²) >= 11 is 1.09. The number of hydrogen-bond acceptors (Lipinski definition) is 5. The highest BCUT2D eigenvalue weighted by atomic mass is 32.1. The molecule has 0 spiro atoms. The number of amides is 1. The number of nitrogen functional groups attached to an aromatic ring is 1. The van der Waals surface area contributed by atoms with E-state index in [0.29, 0.717) is 21.5 Å². The van der Waals surface area contributed by atoms with Crippen molar-refractivity contribution in [1.29, 1.82) is 0 Å². The van der Waals surface area contributed by atoms with Gasteiger partial charge in [-0.05, 0) is 19.1 Å². The minimum atomic E-state index is -0.609. The van der Waals surface area contributed by atoms with Gasteiger partial charge in [0.1, 0.15) is 15.5 Å². The summed E-state index contributed by atoms with van der Waals surface area (Å²) in [4.78, 5) is 20.7. The van der Waals surface area contributed by atoms with Gasteiger partial charge in [-0.25, -0.2) is 14.4 Å². The summed E-state index contributed by atoms with van der Waals surface area (Å²) < 4.78 is 13.8. The van der Waals surface area contributed by atoms with E-state index >= 15 is 0 Å². The Morgan fingerprint density at radius 1 is 1.29 bits per heavy atom. The summed E-state index contributed by atoms with van der Waals surface area (Å²) in [7, 11) is 0. The van der Waals surface area contributed by atoms with Crippen LogP contribution in [0.4, 0.5) is 10.1 Å². The molecular formula is C14H11FN4OS. The van der Waals surface area contributed by atoms with Crippen LogP contribution in [0.15, 0.2) is 24.3 Å². The Balaban J connectivity index is 2.29. The molecule has 106 valence electrons. The molecule has 5 nitrogen and oxygen atoms in total. The number of rotatable bonds is 2. The Labute approximate surface area is 123 Å². The van der Waals surface area contributed by atoms with Gasteiger partial charge in [-0.2, -0.15) is 0 Å². The number of carbonyl (C=O) groups is 1. The fraction of sp³-hybridized carbons (Fsp3) is 0.0714. The van der Waals surface area contributed by atoms with Crippen LogP contribution in [-0.2, 0) is 0 Å². The van der Waals surface area contributed by atoms with Crippen LogP contribution in [0, 0.1) is 12.7 Å². The lowest BCUT2D eigenvalue weighted by Crippen LogP contribution is -2.10. The molecule has 0 radical (unpaired) electrons. The van der Waals surface area contributed by atoms with E-state index in [-0.39, 0.29) is 16.4 Å². The molecule has 21 heavy (non-hydrogen) atoms. The molecule has 0 aliphatic heterocycles. The van der Waals surface area contributed by atoms with Crippen molar-refractivity contribution >= 4 is 33.1 Å². The first-order chi connectivity index (χ1) is 9.99. The van der Waals surface area contributed by atoms with Crippen LogP contribution >= 0.6 is 11.3 Å². The van der Waals surface area contributed by atoms with Crippen LogP contribution in [0.5, 0.6) is 0 Å². The van der Waals surface area contributed by atoms with E-state index < -0.39 is 11.7 Å². The van der Waals surface area contributed by atoms with Gasteiger partial charge in [0.25, 0.3) is 5.91 Å². The van der Waals surface area contributed by atoms with E-state index in [9.17, 15) is 9.18 Å². The molecule has 3 rings (SSSR count). The van der Waals surface area contributed by atoms with Crippen molar-refractivity contribution < 1.29 is 9.18 Å². The number of hydrogen-bond donors (Lipinski definition) is 2. The van der Waals surface area contributed by atoms with Gasteiger partial charge in [-0.1, -0.05) is 12.1 Å². The van der Waals surface area contributed by atoms with E-state index in [4.69, 9.17) is 11.5 Å². The molecule has 0 fully saturated rings. The maximum Gasteiger partial charge on any atom is 0.260 e. The van der Waals surface area contributed by atoms with E-state index in [1.165, 1.54) is 6.07 Å². The second kappa shape index (κ2) is 4.78. The maximum atomic E-state index is 13.8. The molecule has 0 saturated carbocycles. The smallest absolute Gasteiger partial charge is 0.260 e. The van der Waals surface area contributed by atoms with Crippen molar-refractivity contribution in [2.75, 3.05) is 5.73 Å². The Hall–Kier alpha value is -2.54. The number of aryl methyl sites for hydroxylation is 1. The van der Waals surface area contributed by atoms with Crippen LogP contribution in [0.2, 0.25) is 0 Å². The van der Waals surface area contributed by atoms with Gasteiger partial charge in [0.2, 0.25) is 0 Å². The van der Waals surface area contributed by atoms with Gasteiger partial charge >= 0.3 is 0 Å². The summed E-state index contributed by atoms with van der Waals surface area (Å²) in [6, 6.07) is 6.25. The summed E-state index contributed by atoms with van der Waals surface area (Å²) in [6.45, 7) is 1.74. The number of halogens is 1. The number of aromatic nitrogens is 2. The summed E-state index contributed by atoms with van der Waals surface area (Å²) in [5, 5.41) is 0.592. The third-order valence-electron chi connectivity index (χ3n) is 3.11. The number of thiophene rings is 1. The van der Waals surface area contributed by atoms with E-state index in [0.717, 1.165) is 11.3 Å². The molecule has 1 amide bonds. The second-order valence-electron chi connectivity index (χ2n) is 4.50. The van der Waals surface area contributed by atoms with E-state index in [2.05, 4.69) is 9.97 Å². The minimum absolute atomic E-state index is 0.244. The quantitative estimate of drug-likeness (QED) is 0.760. The van der Waals surface area contributed by atoms with E-state index in [1.807, 2.05) is 0 Å². The number of anilines is 1. The SMILES string of the molecule is Cc1nc(-c2ccccc2F)nc2sc(C(N)=O)c(N)c12. The molecule has 0 saturated heterocycles. The maximum absolute atomic E-state index is 13.8. The fourth-order valence-corrected chi connectivity index (χ4v) is 3.14. The average Bonchev–Trinajstić information content (AvgIpc) is 2.77. The zero-order chi connectivity index (χ0) is 15.1. The highest BCUT2D eigenvalue weighted by Crippen LogP contribution is 2.35. The Morgan fingerprint density at radius 2 is 2.00 bits per heavy atom. The minimum Gasteiger partial charge on any atom is -0.397 e. The molecule has 0 bridgehead atoms. The van der Waals surface area contributed by atoms with Crippen LogP contribution in [0.25, 0.3) is 21.6 Å². The number of benzene rings is 1.